The van der Waals surface area contributed by atoms with Crippen LogP contribution in [0.4, 0.5) is 5.69 Å². The highest BCUT2D eigenvalue weighted by molar-refractivity contribution is 7.92. The van der Waals surface area contributed by atoms with Crippen LogP contribution in [0, 0.1) is 13.8 Å². The molecule has 0 bridgehead atoms. The number of aryl methyl sites for hydroxylation is 2. The first kappa shape index (κ1) is 23.5. The fourth-order valence-electron chi connectivity index (χ4n) is 2.99. The van der Waals surface area contributed by atoms with E-state index in [1.54, 1.807) is 45.2 Å². The van der Waals surface area contributed by atoms with Crippen LogP contribution in [-0.2, 0) is 26.1 Å². The number of rotatable bonds is 8. The molecule has 0 aliphatic heterocycles. The van der Waals surface area contributed by atoms with Crippen LogP contribution in [0.3, 0.4) is 0 Å². The van der Waals surface area contributed by atoms with Crippen LogP contribution in [0.5, 0.6) is 0 Å². The Morgan fingerprint density at radius 1 is 1.06 bits per heavy atom. The summed E-state index contributed by atoms with van der Waals surface area (Å²) in [6, 6.07) is 15.1. The van der Waals surface area contributed by atoms with Crippen molar-refractivity contribution in [2.24, 2.45) is 0 Å². The molecule has 32 heavy (non-hydrogen) atoms. The van der Waals surface area contributed by atoms with Crippen molar-refractivity contribution in [3.05, 3.63) is 81.5 Å². The summed E-state index contributed by atoms with van der Waals surface area (Å²) in [4.78, 5) is 27.6. The van der Waals surface area contributed by atoms with Gasteiger partial charge in [-0.15, -0.1) is 11.3 Å². The maximum absolute atomic E-state index is 12.9. The van der Waals surface area contributed by atoms with Gasteiger partial charge >= 0.3 is 5.97 Å². The molecule has 1 aromatic heterocycles. The van der Waals surface area contributed by atoms with Crippen LogP contribution in [0.15, 0.2) is 64.9 Å². The summed E-state index contributed by atoms with van der Waals surface area (Å²) >= 11 is 1.53. The standard InChI is InChI=1S/C23H24N2O5S2/c1-16-10-11-17(2)21(13-16)32(28,29)24-20-9-5-4-8-19(20)23(27)30-15-22(26)25(3)14-18-7-6-12-31-18/h4-13,24H,14-15H2,1-3H3. The van der Waals surface area contributed by atoms with Crippen LogP contribution in [-0.4, -0.2) is 38.8 Å². The number of para-hydroxylation sites is 1. The van der Waals surface area contributed by atoms with Crippen molar-refractivity contribution in [1.82, 2.24) is 4.90 Å². The van der Waals surface area contributed by atoms with Gasteiger partial charge in [-0.2, -0.15) is 0 Å². The van der Waals surface area contributed by atoms with Gasteiger partial charge in [-0.3, -0.25) is 9.52 Å². The molecule has 0 aliphatic carbocycles. The third kappa shape index (κ3) is 5.74. The third-order valence-corrected chi connectivity index (χ3v) is 7.12. The molecule has 168 valence electrons. The number of amides is 1. The molecule has 0 spiro atoms. The molecule has 0 aliphatic rings. The molecule has 9 heteroatoms. The number of ether oxygens (including phenoxy) is 1. The number of hydrogen-bond donors (Lipinski definition) is 1. The molecule has 2 aromatic carbocycles. The van der Waals surface area contributed by atoms with Gasteiger partial charge < -0.3 is 9.64 Å². The minimum Gasteiger partial charge on any atom is -0.452 e. The average Bonchev–Trinajstić information content (AvgIpc) is 3.26. The molecule has 0 saturated carbocycles. The Kier molecular flexibility index (Phi) is 7.32. The lowest BCUT2D eigenvalue weighted by atomic mass is 10.2. The smallest absolute Gasteiger partial charge is 0.340 e. The number of nitrogens with one attached hydrogen (secondary N) is 1. The van der Waals surface area contributed by atoms with Crippen molar-refractivity contribution in [3.63, 3.8) is 0 Å². The van der Waals surface area contributed by atoms with Gasteiger partial charge in [0.15, 0.2) is 6.61 Å². The summed E-state index contributed by atoms with van der Waals surface area (Å²) in [5.74, 6) is -1.15. The SMILES string of the molecule is Cc1ccc(C)c(S(=O)(=O)Nc2ccccc2C(=O)OCC(=O)N(C)Cc2cccs2)c1. The number of carbonyl (C=O) groups excluding carboxylic acids is 2. The number of likely N-dealkylation sites (N-methyl/N-ethyl adjacent to an activating group) is 1. The molecular weight excluding hydrogens is 448 g/mol. The van der Waals surface area contributed by atoms with Crippen molar-refractivity contribution < 1.29 is 22.7 Å². The number of anilines is 1. The van der Waals surface area contributed by atoms with Gasteiger partial charge in [-0.25, -0.2) is 13.2 Å². The van der Waals surface area contributed by atoms with E-state index < -0.39 is 22.6 Å². The average molecular weight is 473 g/mol. The Morgan fingerprint density at radius 2 is 1.81 bits per heavy atom. The fourth-order valence-corrected chi connectivity index (χ4v) is 5.15. The summed E-state index contributed by atoms with van der Waals surface area (Å²) in [5.41, 5.74) is 1.49. The second-order valence-corrected chi connectivity index (χ2v) is 10.0. The van der Waals surface area contributed by atoms with Gasteiger partial charge in [0.25, 0.3) is 15.9 Å². The Bertz CT molecular complexity index is 1220. The Balaban J connectivity index is 1.71. The molecule has 3 rings (SSSR count). The predicted octanol–water partition coefficient (Wildman–Crippen LogP) is 3.98. The number of esters is 1. The van der Waals surface area contributed by atoms with E-state index in [0.717, 1.165) is 10.4 Å². The molecular formula is C23H24N2O5S2. The van der Waals surface area contributed by atoms with Crippen molar-refractivity contribution >= 4 is 38.9 Å². The number of nitrogens with zero attached hydrogens (tertiary/aromatic N) is 1. The van der Waals surface area contributed by atoms with E-state index in [-0.39, 0.29) is 22.1 Å². The molecule has 7 nitrogen and oxygen atoms in total. The maximum Gasteiger partial charge on any atom is 0.340 e. The summed E-state index contributed by atoms with van der Waals surface area (Å²) < 4.78 is 33.5. The first-order valence-corrected chi connectivity index (χ1v) is 12.2. The van der Waals surface area contributed by atoms with E-state index in [2.05, 4.69) is 4.72 Å². The van der Waals surface area contributed by atoms with Crippen LogP contribution in [0.2, 0.25) is 0 Å². The quantitative estimate of drug-likeness (QED) is 0.501. The number of sulfonamides is 1. The van der Waals surface area contributed by atoms with Gasteiger partial charge in [0.05, 0.1) is 22.7 Å². The summed E-state index contributed by atoms with van der Waals surface area (Å²) in [6.45, 7) is 3.47. The molecule has 0 atom stereocenters. The summed E-state index contributed by atoms with van der Waals surface area (Å²) in [6.07, 6.45) is 0. The van der Waals surface area contributed by atoms with Gasteiger partial charge in [-0.05, 0) is 54.6 Å². The van der Waals surface area contributed by atoms with Gasteiger partial charge in [0.2, 0.25) is 0 Å². The van der Waals surface area contributed by atoms with Crippen molar-refractivity contribution in [1.29, 1.82) is 0 Å². The molecule has 1 amide bonds. The summed E-state index contributed by atoms with van der Waals surface area (Å²) in [5, 5.41) is 1.92. The third-order valence-electron chi connectivity index (χ3n) is 4.75. The van der Waals surface area contributed by atoms with Crippen LogP contribution in [0.25, 0.3) is 0 Å². The molecule has 0 radical (unpaired) electrons. The van der Waals surface area contributed by atoms with Gasteiger partial charge in [-0.1, -0.05) is 30.3 Å². The first-order valence-electron chi connectivity index (χ1n) is 9.80. The zero-order chi connectivity index (χ0) is 23.3. The number of hydrogen-bond acceptors (Lipinski definition) is 6. The second kappa shape index (κ2) is 9.97. The highest BCUT2D eigenvalue weighted by Gasteiger charge is 2.22. The fraction of sp³-hybridized carbons (Fsp3) is 0.217. The van der Waals surface area contributed by atoms with E-state index >= 15 is 0 Å². The second-order valence-electron chi connectivity index (χ2n) is 7.33. The highest BCUT2D eigenvalue weighted by Crippen LogP contribution is 2.23. The van der Waals surface area contributed by atoms with Gasteiger partial charge in [0.1, 0.15) is 0 Å². The number of thiophene rings is 1. The lowest BCUT2D eigenvalue weighted by Crippen LogP contribution is -2.30. The van der Waals surface area contributed by atoms with Crippen molar-refractivity contribution in [2.45, 2.75) is 25.3 Å². The zero-order valence-electron chi connectivity index (χ0n) is 18.0. The van der Waals surface area contributed by atoms with E-state index in [1.165, 1.54) is 28.4 Å². The van der Waals surface area contributed by atoms with Crippen LogP contribution in [0.1, 0.15) is 26.4 Å². The predicted molar refractivity (Wildman–Crippen MR) is 124 cm³/mol. The first-order chi connectivity index (χ1) is 15.2. The van der Waals surface area contributed by atoms with E-state index in [4.69, 9.17) is 4.74 Å². The lowest BCUT2D eigenvalue weighted by Gasteiger charge is -2.17. The van der Waals surface area contributed by atoms with Crippen molar-refractivity contribution in [3.8, 4) is 0 Å². The van der Waals surface area contributed by atoms with Crippen molar-refractivity contribution in [2.75, 3.05) is 18.4 Å². The Hall–Kier alpha value is -3.17. The Morgan fingerprint density at radius 3 is 2.53 bits per heavy atom. The highest BCUT2D eigenvalue weighted by atomic mass is 32.2. The van der Waals surface area contributed by atoms with Crippen LogP contribution < -0.4 is 4.72 Å². The largest absolute Gasteiger partial charge is 0.452 e. The molecule has 0 unspecified atom stereocenters. The minimum atomic E-state index is -3.93. The topological polar surface area (TPSA) is 92.8 Å². The zero-order valence-corrected chi connectivity index (χ0v) is 19.6. The molecule has 1 N–H and O–H groups in total. The number of carbonyl (C=O) groups is 2. The van der Waals surface area contributed by atoms with Gasteiger partial charge in [0, 0.05) is 11.9 Å². The molecule has 1 heterocycles. The van der Waals surface area contributed by atoms with E-state index in [0.29, 0.717) is 12.1 Å². The Labute approximate surface area is 191 Å². The normalized spacial score (nSPS) is 11.1. The van der Waals surface area contributed by atoms with E-state index in [9.17, 15) is 18.0 Å². The molecule has 3 aromatic rings. The number of benzene rings is 2. The monoisotopic (exact) mass is 472 g/mol. The molecule has 0 saturated heterocycles. The van der Waals surface area contributed by atoms with Crippen LogP contribution >= 0.6 is 11.3 Å². The van der Waals surface area contributed by atoms with E-state index in [1.807, 2.05) is 23.6 Å². The molecule has 0 fully saturated rings. The summed E-state index contributed by atoms with van der Waals surface area (Å²) in [7, 11) is -2.30. The lowest BCUT2D eigenvalue weighted by molar-refractivity contribution is -0.133. The maximum atomic E-state index is 12.9. The minimum absolute atomic E-state index is 0.0232.